The van der Waals surface area contributed by atoms with Crippen LogP contribution < -0.4 is 5.73 Å². The summed E-state index contributed by atoms with van der Waals surface area (Å²) in [6.07, 6.45) is 0. The minimum absolute atomic E-state index is 0.391. The molecule has 86 valence electrons. The monoisotopic (exact) mass is 225 g/mol. The van der Waals surface area contributed by atoms with Gasteiger partial charge >= 0.3 is 0 Å². The van der Waals surface area contributed by atoms with Gasteiger partial charge in [-0.05, 0) is 48.2 Å². The van der Waals surface area contributed by atoms with Crippen LogP contribution in [0.2, 0.25) is 0 Å². The van der Waals surface area contributed by atoms with Crippen LogP contribution in [0.4, 0.5) is 0 Å². The largest absolute Gasteiger partial charge is 0.366 e. The van der Waals surface area contributed by atoms with Crippen LogP contribution in [0.25, 0.3) is 11.1 Å². The highest BCUT2D eigenvalue weighted by Gasteiger charge is 2.07. The maximum Gasteiger partial charge on any atom is 0.248 e. The van der Waals surface area contributed by atoms with Crippen LogP contribution in [0.1, 0.15) is 21.5 Å². The zero-order chi connectivity index (χ0) is 12.4. The van der Waals surface area contributed by atoms with Gasteiger partial charge in [-0.1, -0.05) is 30.3 Å². The number of amides is 1. The number of carbonyl (C=O) groups is 1. The Balaban J connectivity index is 2.61. The Morgan fingerprint density at radius 1 is 1.00 bits per heavy atom. The molecule has 0 saturated carbocycles. The maximum atomic E-state index is 11.2. The third kappa shape index (κ3) is 2.21. The van der Waals surface area contributed by atoms with E-state index in [1.165, 1.54) is 16.7 Å². The number of hydrogen-bond donors (Lipinski definition) is 1. The van der Waals surface area contributed by atoms with Crippen molar-refractivity contribution < 1.29 is 4.79 Å². The number of hydrogen-bond acceptors (Lipinski definition) is 1. The zero-order valence-electron chi connectivity index (χ0n) is 10.0. The second-order valence-corrected chi connectivity index (χ2v) is 4.21. The lowest BCUT2D eigenvalue weighted by Gasteiger charge is -2.10. The number of nitrogens with two attached hydrogens (primary N) is 1. The van der Waals surface area contributed by atoms with Gasteiger partial charge in [0.05, 0.1) is 0 Å². The molecule has 0 radical (unpaired) electrons. The van der Waals surface area contributed by atoms with Gasteiger partial charge in [-0.2, -0.15) is 0 Å². The molecule has 2 nitrogen and oxygen atoms in total. The minimum Gasteiger partial charge on any atom is -0.366 e. The third-order valence-electron chi connectivity index (χ3n) is 2.92. The molecule has 0 aliphatic heterocycles. The second kappa shape index (κ2) is 4.42. The van der Waals surface area contributed by atoms with E-state index in [9.17, 15) is 4.79 Å². The van der Waals surface area contributed by atoms with Crippen LogP contribution in [-0.2, 0) is 0 Å². The van der Waals surface area contributed by atoms with Gasteiger partial charge in [0.15, 0.2) is 0 Å². The van der Waals surface area contributed by atoms with Crippen molar-refractivity contribution >= 4 is 5.91 Å². The van der Waals surface area contributed by atoms with Crippen molar-refractivity contribution in [3.8, 4) is 11.1 Å². The summed E-state index contributed by atoms with van der Waals surface area (Å²) in [6.45, 7) is 4.14. The molecule has 0 aliphatic rings. The second-order valence-electron chi connectivity index (χ2n) is 4.21. The molecule has 0 bridgehead atoms. The van der Waals surface area contributed by atoms with E-state index in [-0.39, 0.29) is 0 Å². The first-order valence-electron chi connectivity index (χ1n) is 5.56. The molecule has 0 unspecified atom stereocenters. The number of benzene rings is 2. The number of rotatable bonds is 2. The number of aryl methyl sites for hydroxylation is 2. The Morgan fingerprint density at radius 3 is 2.18 bits per heavy atom. The first kappa shape index (κ1) is 11.4. The summed E-state index contributed by atoms with van der Waals surface area (Å²) < 4.78 is 0. The lowest BCUT2D eigenvalue weighted by molar-refractivity contribution is 0.100. The Morgan fingerprint density at radius 2 is 1.59 bits per heavy atom. The van der Waals surface area contributed by atoms with E-state index in [4.69, 9.17) is 5.73 Å². The average molecular weight is 225 g/mol. The molecule has 1 amide bonds. The van der Waals surface area contributed by atoms with Gasteiger partial charge < -0.3 is 5.73 Å². The van der Waals surface area contributed by atoms with Crippen molar-refractivity contribution in [3.05, 3.63) is 59.2 Å². The topological polar surface area (TPSA) is 43.1 Å². The molecule has 0 heterocycles. The summed E-state index contributed by atoms with van der Waals surface area (Å²) in [5.74, 6) is -0.391. The highest BCUT2D eigenvalue weighted by Crippen LogP contribution is 2.27. The molecule has 2 N–H and O–H groups in total. The highest BCUT2D eigenvalue weighted by atomic mass is 16.1. The average Bonchev–Trinajstić information content (AvgIpc) is 2.29. The molecule has 0 saturated heterocycles. The molecule has 0 spiro atoms. The van der Waals surface area contributed by atoms with E-state index in [0.717, 1.165) is 5.56 Å². The normalized spacial score (nSPS) is 10.2. The first-order valence-corrected chi connectivity index (χ1v) is 5.56. The molecule has 0 aromatic heterocycles. The summed E-state index contributed by atoms with van der Waals surface area (Å²) >= 11 is 0. The van der Waals surface area contributed by atoms with Gasteiger partial charge in [0.2, 0.25) is 5.91 Å². The van der Waals surface area contributed by atoms with Gasteiger partial charge in [-0.15, -0.1) is 0 Å². The number of carbonyl (C=O) groups excluding carboxylic acids is 1. The van der Waals surface area contributed by atoms with E-state index in [0.29, 0.717) is 5.56 Å². The molecule has 0 aliphatic carbocycles. The molecule has 2 heteroatoms. The van der Waals surface area contributed by atoms with Gasteiger partial charge in [0, 0.05) is 5.56 Å². The summed E-state index contributed by atoms with van der Waals surface area (Å²) in [5.41, 5.74) is 10.5. The Hall–Kier alpha value is -2.09. The van der Waals surface area contributed by atoms with Crippen LogP contribution in [0.15, 0.2) is 42.5 Å². The summed E-state index contributed by atoms with van der Waals surface area (Å²) in [7, 11) is 0. The minimum atomic E-state index is -0.391. The zero-order valence-corrected chi connectivity index (χ0v) is 10.0. The van der Waals surface area contributed by atoms with E-state index in [1.807, 2.05) is 24.3 Å². The third-order valence-corrected chi connectivity index (χ3v) is 2.92. The van der Waals surface area contributed by atoms with Crippen molar-refractivity contribution in [3.63, 3.8) is 0 Å². The van der Waals surface area contributed by atoms with Crippen molar-refractivity contribution in [1.29, 1.82) is 0 Å². The fourth-order valence-corrected chi connectivity index (χ4v) is 2.10. The summed E-state index contributed by atoms with van der Waals surface area (Å²) in [6, 6.07) is 13.6. The molecular formula is C15H15NO. The Labute approximate surface area is 101 Å². The Bertz CT molecular complexity index is 553. The van der Waals surface area contributed by atoms with Crippen molar-refractivity contribution in [1.82, 2.24) is 0 Å². The highest BCUT2D eigenvalue weighted by molar-refractivity contribution is 5.94. The fourth-order valence-electron chi connectivity index (χ4n) is 2.10. The standard InChI is InChI=1S/C15H15NO/c1-10-5-3-6-11(2)14(10)12-7-4-8-13(9-12)15(16)17/h3-9H,1-2H3,(H2,16,17). The summed E-state index contributed by atoms with van der Waals surface area (Å²) in [5, 5.41) is 0. The quantitative estimate of drug-likeness (QED) is 0.838. The fraction of sp³-hybridized carbons (Fsp3) is 0.133. The van der Waals surface area contributed by atoms with Crippen molar-refractivity contribution in [2.75, 3.05) is 0 Å². The lowest BCUT2D eigenvalue weighted by atomic mass is 9.95. The summed E-state index contributed by atoms with van der Waals surface area (Å²) in [4.78, 5) is 11.2. The van der Waals surface area contributed by atoms with Crippen molar-refractivity contribution in [2.24, 2.45) is 5.73 Å². The predicted octanol–water partition coefficient (Wildman–Crippen LogP) is 3.07. The number of primary amides is 1. The van der Waals surface area contributed by atoms with Crippen molar-refractivity contribution in [2.45, 2.75) is 13.8 Å². The van der Waals surface area contributed by atoms with Crippen LogP contribution in [-0.4, -0.2) is 5.91 Å². The van der Waals surface area contributed by atoms with Gasteiger partial charge in [-0.3, -0.25) is 4.79 Å². The van der Waals surface area contributed by atoms with E-state index < -0.39 is 5.91 Å². The molecule has 0 atom stereocenters. The van der Waals surface area contributed by atoms with E-state index >= 15 is 0 Å². The molecule has 17 heavy (non-hydrogen) atoms. The van der Waals surface area contributed by atoms with Crippen LogP contribution in [0, 0.1) is 13.8 Å². The van der Waals surface area contributed by atoms with Gasteiger partial charge in [-0.25, -0.2) is 0 Å². The van der Waals surface area contributed by atoms with E-state index in [1.54, 1.807) is 6.07 Å². The van der Waals surface area contributed by atoms with Gasteiger partial charge in [0.1, 0.15) is 0 Å². The van der Waals surface area contributed by atoms with Crippen LogP contribution >= 0.6 is 0 Å². The predicted molar refractivity (Wildman–Crippen MR) is 69.9 cm³/mol. The van der Waals surface area contributed by atoms with Gasteiger partial charge in [0.25, 0.3) is 0 Å². The van der Waals surface area contributed by atoms with E-state index in [2.05, 4.69) is 26.0 Å². The first-order chi connectivity index (χ1) is 8.09. The van der Waals surface area contributed by atoms with Crippen LogP contribution in [0.3, 0.4) is 0 Å². The molecule has 2 aromatic rings. The molecular weight excluding hydrogens is 210 g/mol. The Kier molecular flexibility index (Phi) is 2.96. The smallest absolute Gasteiger partial charge is 0.248 e. The van der Waals surface area contributed by atoms with Crippen LogP contribution in [0.5, 0.6) is 0 Å². The maximum absolute atomic E-state index is 11.2. The lowest BCUT2D eigenvalue weighted by Crippen LogP contribution is -2.10. The molecule has 2 aromatic carbocycles. The SMILES string of the molecule is Cc1cccc(C)c1-c1cccc(C(N)=O)c1. The molecule has 0 fully saturated rings. The molecule has 2 rings (SSSR count).